The third kappa shape index (κ3) is 2.60. The van der Waals surface area contributed by atoms with Crippen LogP contribution in [0, 0.1) is 5.41 Å². The molecule has 6 heteroatoms. The minimum atomic E-state index is -1.07. The first kappa shape index (κ1) is 15.9. The van der Waals surface area contributed by atoms with Crippen molar-refractivity contribution < 1.29 is 19.4 Å². The van der Waals surface area contributed by atoms with Gasteiger partial charge in [0.25, 0.3) is 0 Å². The second kappa shape index (κ2) is 5.46. The normalized spacial score (nSPS) is 30.3. The van der Waals surface area contributed by atoms with Gasteiger partial charge in [-0.05, 0) is 13.3 Å². The number of carboxylic acid groups (broad SMARTS) is 1. The summed E-state index contributed by atoms with van der Waals surface area (Å²) in [5.41, 5.74) is 4.58. The fourth-order valence-corrected chi connectivity index (χ4v) is 2.45. The summed E-state index contributed by atoms with van der Waals surface area (Å²) in [6, 6.07) is -0.894. The molecule has 1 saturated carbocycles. The van der Waals surface area contributed by atoms with Gasteiger partial charge < -0.3 is 20.9 Å². The molecule has 0 aromatic rings. The second-order valence-electron chi connectivity index (χ2n) is 5.61. The van der Waals surface area contributed by atoms with E-state index < -0.39 is 28.9 Å². The average Bonchev–Trinajstić information content (AvgIpc) is 2.34. The van der Waals surface area contributed by atoms with Crippen molar-refractivity contribution in [1.29, 1.82) is 0 Å². The third-order valence-electron chi connectivity index (χ3n) is 4.25. The van der Waals surface area contributed by atoms with Crippen molar-refractivity contribution in [2.24, 2.45) is 11.1 Å². The Bertz CT molecular complexity index is 370. The molecule has 0 aliphatic heterocycles. The predicted molar refractivity (Wildman–Crippen MR) is 70.6 cm³/mol. The maximum atomic E-state index is 12.2. The number of aliphatic carboxylic acids is 1. The summed E-state index contributed by atoms with van der Waals surface area (Å²) in [4.78, 5) is 23.2. The number of carbonyl (C=O) groups excluding carboxylic acids is 1. The largest absolute Gasteiger partial charge is 0.480 e. The van der Waals surface area contributed by atoms with Crippen LogP contribution in [0.4, 0.5) is 0 Å². The van der Waals surface area contributed by atoms with Crippen LogP contribution in [0.15, 0.2) is 0 Å². The monoisotopic (exact) mass is 272 g/mol. The molecule has 1 aliphatic carbocycles. The van der Waals surface area contributed by atoms with Crippen molar-refractivity contribution in [2.45, 2.75) is 58.2 Å². The number of rotatable bonds is 6. The molecule has 0 saturated heterocycles. The fraction of sp³-hybridized carbons (Fsp3) is 0.846. The lowest BCUT2D eigenvalue weighted by atomic mass is 9.54. The first-order valence-electron chi connectivity index (χ1n) is 6.65. The van der Waals surface area contributed by atoms with Crippen LogP contribution in [0.2, 0.25) is 0 Å². The van der Waals surface area contributed by atoms with Gasteiger partial charge in [0.1, 0.15) is 11.6 Å². The maximum absolute atomic E-state index is 12.2. The number of carbonyl (C=O) groups is 2. The van der Waals surface area contributed by atoms with Crippen molar-refractivity contribution in [1.82, 2.24) is 5.32 Å². The summed E-state index contributed by atoms with van der Waals surface area (Å²) >= 11 is 0. The van der Waals surface area contributed by atoms with E-state index in [4.69, 9.17) is 15.6 Å². The van der Waals surface area contributed by atoms with E-state index in [2.05, 4.69) is 5.32 Å². The summed E-state index contributed by atoms with van der Waals surface area (Å²) in [7, 11) is 0. The highest BCUT2D eigenvalue weighted by molar-refractivity contribution is 5.92. The molecule has 4 N–H and O–H groups in total. The van der Waals surface area contributed by atoms with E-state index in [0.717, 1.165) is 0 Å². The standard InChI is InChI=1S/C13H24N2O4/c1-5-8(10(16)17)15-11(18)13(14)7-9(19-6-2)12(13,3)4/h8-9H,5-7,14H2,1-4H3,(H,15,18)(H,16,17)/t8-,9?,13?/m0/s1. The number of carboxylic acids is 1. The Morgan fingerprint density at radius 3 is 2.42 bits per heavy atom. The molecular formula is C13H24N2O4. The Morgan fingerprint density at radius 1 is 1.47 bits per heavy atom. The van der Waals surface area contributed by atoms with E-state index in [0.29, 0.717) is 19.4 Å². The minimum absolute atomic E-state index is 0.0712. The van der Waals surface area contributed by atoms with Gasteiger partial charge in [-0.15, -0.1) is 0 Å². The lowest BCUT2D eigenvalue weighted by Gasteiger charge is -2.57. The zero-order valence-electron chi connectivity index (χ0n) is 12.0. The van der Waals surface area contributed by atoms with Crippen LogP contribution in [-0.4, -0.2) is 41.3 Å². The van der Waals surface area contributed by atoms with Gasteiger partial charge in [0.05, 0.1) is 6.10 Å². The van der Waals surface area contributed by atoms with Crippen molar-refractivity contribution >= 4 is 11.9 Å². The Balaban J connectivity index is 2.75. The SMILES string of the molecule is CCOC1CC(N)(C(=O)N[C@@H](CC)C(=O)O)C1(C)C. The van der Waals surface area contributed by atoms with Crippen LogP contribution in [-0.2, 0) is 14.3 Å². The van der Waals surface area contributed by atoms with Gasteiger partial charge in [-0.3, -0.25) is 4.79 Å². The van der Waals surface area contributed by atoms with Gasteiger partial charge in [-0.2, -0.15) is 0 Å². The van der Waals surface area contributed by atoms with E-state index in [1.54, 1.807) is 6.92 Å². The molecule has 0 spiro atoms. The molecule has 1 rings (SSSR count). The molecule has 2 unspecified atom stereocenters. The highest BCUT2D eigenvalue weighted by Crippen LogP contribution is 2.49. The first-order valence-corrected chi connectivity index (χ1v) is 6.65. The van der Waals surface area contributed by atoms with Crippen molar-refractivity contribution in [2.75, 3.05) is 6.61 Å². The van der Waals surface area contributed by atoms with Gasteiger partial charge in [-0.1, -0.05) is 20.8 Å². The van der Waals surface area contributed by atoms with Crippen molar-refractivity contribution in [3.05, 3.63) is 0 Å². The zero-order valence-corrected chi connectivity index (χ0v) is 12.0. The Morgan fingerprint density at radius 2 is 2.05 bits per heavy atom. The number of hydrogen-bond donors (Lipinski definition) is 3. The molecule has 110 valence electrons. The highest BCUT2D eigenvalue weighted by Gasteiger charge is 2.63. The third-order valence-corrected chi connectivity index (χ3v) is 4.25. The van der Waals surface area contributed by atoms with Crippen molar-refractivity contribution in [3.63, 3.8) is 0 Å². The molecule has 1 aliphatic rings. The summed E-state index contributed by atoms with van der Waals surface area (Å²) in [5.74, 6) is -1.46. The van der Waals surface area contributed by atoms with Gasteiger partial charge in [0, 0.05) is 18.4 Å². The molecule has 1 amide bonds. The first-order chi connectivity index (χ1) is 8.70. The maximum Gasteiger partial charge on any atom is 0.326 e. The van der Waals surface area contributed by atoms with Gasteiger partial charge in [-0.25, -0.2) is 4.79 Å². The molecule has 6 nitrogen and oxygen atoms in total. The molecule has 1 fully saturated rings. The Hall–Kier alpha value is -1.14. The molecule has 0 bridgehead atoms. The summed E-state index contributed by atoms with van der Waals surface area (Å²) in [6.07, 6.45) is 0.667. The number of amides is 1. The summed E-state index contributed by atoms with van der Waals surface area (Å²) in [6.45, 7) is 7.91. The van der Waals surface area contributed by atoms with E-state index in [1.807, 2.05) is 20.8 Å². The molecule has 19 heavy (non-hydrogen) atoms. The van der Waals surface area contributed by atoms with Crippen LogP contribution < -0.4 is 11.1 Å². The molecule has 0 aromatic heterocycles. The van der Waals surface area contributed by atoms with E-state index >= 15 is 0 Å². The van der Waals surface area contributed by atoms with Gasteiger partial charge >= 0.3 is 5.97 Å². The lowest BCUT2D eigenvalue weighted by molar-refractivity contribution is -0.172. The van der Waals surface area contributed by atoms with Crippen LogP contribution in [0.25, 0.3) is 0 Å². The predicted octanol–water partition coefficient (Wildman–Crippen LogP) is 0.498. The highest BCUT2D eigenvalue weighted by atomic mass is 16.5. The van der Waals surface area contributed by atoms with Crippen LogP contribution in [0.1, 0.15) is 40.5 Å². The van der Waals surface area contributed by atoms with Gasteiger partial charge in [0.15, 0.2) is 0 Å². The van der Waals surface area contributed by atoms with E-state index in [-0.39, 0.29) is 6.10 Å². The summed E-state index contributed by atoms with van der Waals surface area (Å²) in [5, 5.41) is 11.5. The molecular weight excluding hydrogens is 248 g/mol. The number of hydrogen-bond acceptors (Lipinski definition) is 4. The molecule has 0 aromatic carbocycles. The summed E-state index contributed by atoms with van der Waals surface area (Å²) < 4.78 is 5.54. The van der Waals surface area contributed by atoms with Crippen LogP contribution >= 0.6 is 0 Å². The quantitative estimate of drug-likeness (QED) is 0.653. The Labute approximate surface area is 113 Å². The van der Waals surface area contributed by atoms with Crippen molar-refractivity contribution in [3.8, 4) is 0 Å². The molecule has 0 radical (unpaired) electrons. The van der Waals surface area contributed by atoms with E-state index in [1.165, 1.54) is 0 Å². The smallest absolute Gasteiger partial charge is 0.326 e. The van der Waals surface area contributed by atoms with Crippen LogP contribution in [0.3, 0.4) is 0 Å². The average molecular weight is 272 g/mol. The number of nitrogens with one attached hydrogen (secondary N) is 1. The van der Waals surface area contributed by atoms with Crippen LogP contribution in [0.5, 0.6) is 0 Å². The minimum Gasteiger partial charge on any atom is -0.480 e. The topological polar surface area (TPSA) is 102 Å². The Kier molecular flexibility index (Phi) is 4.58. The lowest BCUT2D eigenvalue weighted by Crippen LogP contribution is -2.76. The molecule has 3 atom stereocenters. The second-order valence-corrected chi connectivity index (χ2v) is 5.61. The van der Waals surface area contributed by atoms with E-state index in [9.17, 15) is 9.59 Å². The number of nitrogens with two attached hydrogens (primary N) is 1. The zero-order chi connectivity index (χ0) is 14.8. The molecule has 0 heterocycles. The van der Waals surface area contributed by atoms with Gasteiger partial charge in [0.2, 0.25) is 5.91 Å². The fourth-order valence-electron chi connectivity index (χ4n) is 2.45. The number of ether oxygens (including phenoxy) is 1.